The summed E-state index contributed by atoms with van der Waals surface area (Å²) in [6.07, 6.45) is 5.06. The molecule has 212 valence electrons. The van der Waals surface area contributed by atoms with Gasteiger partial charge in [0, 0.05) is 75.9 Å². The predicted molar refractivity (Wildman–Crippen MR) is 156 cm³/mol. The summed E-state index contributed by atoms with van der Waals surface area (Å²) in [7, 11) is -1.54. The second kappa shape index (κ2) is 11.4. The summed E-state index contributed by atoms with van der Waals surface area (Å²) in [5.41, 5.74) is 2.39. The lowest BCUT2D eigenvalue weighted by molar-refractivity contribution is 0.0723. The van der Waals surface area contributed by atoms with Crippen molar-refractivity contribution in [2.45, 2.75) is 12.0 Å². The number of benzene rings is 2. The zero-order valence-electron chi connectivity index (χ0n) is 22.3. The van der Waals surface area contributed by atoms with Crippen LogP contribution in [-0.2, 0) is 10.0 Å². The summed E-state index contributed by atoms with van der Waals surface area (Å²) in [5, 5.41) is 0.845. The molecule has 2 atom stereocenters. The number of amides is 3. The minimum atomic E-state index is -3.30. The first kappa shape index (κ1) is 28.5. The van der Waals surface area contributed by atoms with Crippen molar-refractivity contribution in [2.75, 3.05) is 52.6 Å². The number of carbonyl (C=O) groups is 2. The highest BCUT2D eigenvalue weighted by Crippen LogP contribution is 2.35. The number of rotatable bonds is 5. The molecule has 0 aliphatic carbocycles. The molecule has 0 saturated carbocycles. The lowest BCUT2D eigenvalue weighted by Gasteiger charge is -2.35. The second-order valence-corrected chi connectivity index (χ2v) is 13.0. The van der Waals surface area contributed by atoms with Gasteiger partial charge in [0.2, 0.25) is 10.0 Å². The molecule has 40 heavy (non-hydrogen) atoms. The Bertz CT molecular complexity index is 1490. The van der Waals surface area contributed by atoms with Crippen molar-refractivity contribution >= 4 is 45.2 Å². The molecule has 0 radical (unpaired) electrons. The molecule has 1 aromatic heterocycles. The first-order valence-electron chi connectivity index (χ1n) is 13.0. The molecule has 3 heterocycles. The number of urea groups is 1. The number of piperazine rings is 1. The van der Waals surface area contributed by atoms with Crippen LogP contribution in [0, 0.1) is 0 Å². The quantitative estimate of drug-likeness (QED) is 0.441. The maximum atomic E-state index is 13.6. The molecule has 9 nitrogen and oxygen atoms in total. The van der Waals surface area contributed by atoms with Gasteiger partial charge in [-0.05, 0) is 54.1 Å². The van der Waals surface area contributed by atoms with Gasteiger partial charge >= 0.3 is 6.03 Å². The number of halogens is 2. The van der Waals surface area contributed by atoms with Crippen molar-refractivity contribution in [2.24, 2.45) is 0 Å². The van der Waals surface area contributed by atoms with E-state index in [0.717, 1.165) is 11.3 Å². The molecule has 0 spiro atoms. The first-order valence-corrected chi connectivity index (χ1v) is 15.6. The van der Waals surface area contributed by atoms with Crippen molar-refractivity contribution in [1.29, 1.82) is 0 Å². The SMILES string of the molecule is CN(C(=O)c1ccc(-n2cccc2)cc1)[C@H]1CN(C(=O)N2CCN(S(C)(=O)=O)CC2)C[C@H]1c1ccc(Cl)c(Cl)c1. The zero-order valence-corrected chi connectivity index (χ0v) is 24.6. The summed E-state index contributed by atoms with van der Waals surface area (Å²) in [6, 6.07) is 16.2. The van der Waals surface area contributed by atoms with Crippen LogP contribution in [0.3, 0.4) is 0 Å². The third-order valence-corrected chi connectivity index (χ3v) is 9.79. The Balaban J connectivity index is 1.36. The number of hydrogen-bond acceptors (Lipinski definition) is 4. The first-order chi connectivity index (χ1) is 19.0. The van der Waals surface area contributed by atoms with Crippen LogP contribution in [0.5, 0.6) is 0 Å². The number of aromatic nitrogens is 1. The lowest BCUT2D eigenvalue weighted by Crippen LogP contribution is -2.53. The Morgan fingerprint density at radius 3 is 2.12 bits per heavy atom. The van der Waals surface area contributed by atoms with Crippen LogP contribution in [0.2, 0.25) is 10.0 Å². The molecule has 2 aliphatic rings. The van der Waals surface area contributed by atoms with E-state index in [1.54, 1.807) is 33.9 Å². The molecule has 2 fully saturated rings. The Labute approximate surface area is 244 Å². The normalized spacial score (nSPS) is 20.1. The molecule has 0 bridgehead atoms. The van der Waals surface area contributed by atoms with Gasteiger partial charge in [0.15, 0.2) is 0 Å². The second-order valence-electron chi connectivity index (χ2n) is 10.2. The average molecular weight is 605 g/mol. The average Bonchev–Trinajstić information content (AvgIpc) is 3.64. The van der Waals surface area contributed by atoms with Crippen LogP contribution >= 0.6 is 23.2 Å². The highest BCUT2D eigenvalue weighted by molar-refractivity contribution is 7.88. The fourth-order valence-electron chi connectivity index (χ4n) is 5.45. The molecule has 5 rings (SSSR count). The number of likely N-dealkylation sites (tertiary alicyclic amines) is 1. The van der Waals surface area contributed by atoms with Crippen LogP contribution in [0.15, 0.2) is 67.0 Å². The van der Waals surface area contributed by atoms with Crippen molar-refractivity contribution in [3.05, 3.63) is 88.2 Å². The molecule has 2 saturated heterocycles. The lowest BCUT2D eigenvalue weighted by atomic mass is 9.93. The molecule has 2 aliphatic heterocycles. The number of hydrogen-bond donors (Lipinski definition) is 0. The van der Waals surface area contributed by atoms with E-state index in [2.05, 4.69) is 0 Å². The van der Waals surface area contributed by atoms with Crippen LogP contribution in [0.1, 0.15) is 21.8 Å². The van der Waals surface area contributed by atoms with E-state index in [4.69, 9.17) is 23.2 Å². The molecule has 0 N–H and O–H groups in total. The van der Waals surface area contributed by atoms with Crippen LogP contribution in [0.25, 0.3) is 5.69 Å². The maximum Gasteiger partial charge on any atom is 0.320 e. The van der Waals surface area contributed by atoms with Gasteiger partial charge in [-0.1, -0.05) is 29.3 Å². The Morgan fingerprint density at radius 2 is 1.52 bits per heavy atom. The van der Waals surface area contributed by atoms with Crippen molar-refractivity contribution in [3.8, 4) is 5.69 Å². The fourth-order valence-corrected chi connectivity index (χ4v) is 6.59. The van der Waals surface area contributed by atoms with Gasteiger partial charge in [-0.15, -0.1) is 0 Å². The molecule has 2 aromatic carbocycles. The minimum Gasteiger partial charge on any atom is -0.336 e. The van der Waals surface area contributed by atoms with E-state index < -0.39 is 10.0 Å². The summed E-state index contributed by atoms with van der Waals surface area (Å²) in [5.74, 6) is -0.339. The molecular weight excluding hydrogens is 573 g/mol. The summed E-state index contributed by atoms with van der Waals surface area (Å²) >= 11 is 12.5. The van der Waals surface area contributed by atoms with Gasteiger partial charge < -0.3 is 19.3 Å². The van der Waals surface area contributed by atoms with Gasteiger partial charge in [0.25, 0.3) is 5.91 Å². The van der Waals surface area contributed by atoms with Gasteiger partial charge in [-0.25, -0.2) is 13.2 Å². The number of nitrogens with zero attached hydrogens (tertiary/aromatic N) is 5. The predicted octanol–water partition coefficient (Wildman–Crippen LogP) is 4.02. The van der Waals surface area contributed by atoms with Crippen LogP contribution < -0.4 is 0 Å². The van der Waals surface area contributed by atoms with E-state index in [9.17, 15) is 18.0 Å². The minimum absolute atomic E-state index is 0.148. The third-order valence-electron chi connectivity index (χ3n) is 7.74. The Kier molecular flexibility index (Phi) is 8.15. The summed E-state index contributed by atoms with van der Waals surface area (Å²) in [4.78, 5) is 32.3. The Morgan fingerprint density at radius 1 is 0.875 bits per heavy atom. The maximum absolute atomic E-state index is 13.6. The molecule has 12 heteroatoms. The monoisotopic (exact) mass is 603 g/mol. The van der Waals surface area contributed by atoms with Crippen molar-refractivity contribution < 1.29 is 18.0 Å². The van der Waals surface area contributed by atoms with E-state index in [1.807, 2.05) is 59.4 Å². The van der Waals surface area contributed by atoms with Crippen LogP contribution in [0.4, 0.5) is 4.79 Å². The Hall–Kier alpha value is -3.05. The third kappa shape index (κ3) is 5.85. The standard InChI is InChI=1S/C28H31Cl2N5O4S/c1-31(27(36)20-5-8-22(9-6-20)32-11-3-4-12-32)26-19-34(18-23(26)21-7-10-24(29)25(30)17-21)28(37)33-13-15-35(16-14-33)40(2,38)39/h3-12,17,23,26H,13-16,18-19H2,1-2H3/t23-,26-/m0/s1. The molecule has 3 aromatic rings. The van der Waals surface area contributed by atoms with E-state index in [-0.39, 0.29) is 37.0 Å². The molecule has 3 amide bonds. The largest absolute Gasteiger partial charge is 0.336 e. The fraction of sp³-hybridized carbons (Fsp3) is 0.357. The summed E-state index contributed by atoms with van der Waals surface area (Å²) < 4.78 is 27.2. The number of sulfonamides is 1. The highest BCUT2D eigenvalue weighted by Gasteiger charge is 2.42. The topological polar surface area (TPSA) is 86.2 Å². The van der Waals surface area contributed by atoms with Gasteiger partial charge in [0.1, 0.15) is 0 Å². The van der Waals surface area contributed by atoms with Crippen molar-refractivity contribution in [1.82, 2.24) is 23.6 Å². The van der Waals surface area contributed by atoms with E-state index in [1.165, 1.54) is 10.6 Å². The van der Waals surface area contributed by atoms with Crippen molar-refractivity contribution in [3.63, 3.8) is 0 Å². The van der Waals surface area contributed by atoms with Gasteiger partial charge in [-0.3, -0.25) is 4.79 Å². The zero-order chi connectivity index (χ0) is 28.6. The van der Waals surface area contributed by atoms with E-state index >= 15 is 0 Å². The van der Waals surface area contributed by atoms with E-state index in [0.29, 0.717) is 41.8 Å². The number of likely N-dealkylation sites (N-methyl/N-ethyl adjacent to an activating group) is 1. The molecule has 0 unspecified atom stereocenters. The number of carbonyl (C=O) groups excluding carboxylic acids is 2. The smallest absolute Gasteiger partial charge is 0.320 e. The van der Waals surface area contributed by atoms with Gasteiger partial charge in [-0.2, -0.15) is 4.31 Å². The highest BCUT2D eigenvalue weighted by atomic mass is 35.5. The van der Waals surface area contributed by atoms with Crippen LogP contribution in [-0.4, -0.2) is 103 Å². The van der Waals surface area contributed by atoms with Gasteiger partial charge in [0.05, 0.1) is 22.3 Å². The molecular formula is C28H31Cl2N5O4S. The summed E-state index contributed by atoms with van der Waals surface area (Å²) in [6.45, 7) is 1.86.